The molecule has 3 atom stereocenters. The maximum Gasteiger partial charge on any atom is 0.228 e. The molecule has 0 aliphatic carbocycles. The highest BCUT2D eigenvalue weighted by molar-refractivity contribution is 5.64. The molecule has 2 fully saturated rings. The van der Waals surface area contributed by atoms with E-state index in [2.05, 4.69) is 20.2 Å². The zero-order valence-electron chi connectivity index (χ0n) is 19.8. The van der Waals surface area contributed by atoms with Crippen molar-refractivity contribution in [2.24, 2.45) is 11.7 Å². The summed E-state index contributed by atoms with van der Waals surface area (Å²) >= 11 is 0. The number of aromatic nitrogens is 4. The molecule has 2 aromatic rings. The van der Waals surface area contributed by atoms with E-state index < -0.39 is 11.8 Å². The molecule has 2 saturated heterocycles. The van der Waals surface area contributed by atoms with Crippen LogP contribution in [0.15, 0.2) is 18.5 Å². The van der Waals surface area contributed by atoms with Gasteiger partial charge in [-0.3, -0.25) is 4.90 Å². The van der Waals surface area contributed by atoms with Crippen LogP contribution in [-0.2, 0) is 4.74 Å². The zero-order chi connectivity index (χ0) is 24.3. The van der Waals surface area contributed by atoms with Crippen molar-refractivity contribution in [3.63, 3.8) is 0 Å². The highest BCUT2D eigenvalue weighted by atomic mass is 16.5. The van der Waals surface area contributed by atoms with E-state index in [0.29, 0.717) is 68.8 Å². The van der Waals surface area contributed by atoms with Crippen molar-refractivity contribution in [1.29, 1.82) is 0 Å². The summed E-state index contributed by atoms with van der Waals surface area (Å²) in [7, 11) is 0. The highest BCUT2D eigenvalue weighted by Gasteiger charge is 2.42. The summed E-state index contributed by atoms with van der Waals surface area (Å²) in [5.74, 6) is 1.45. The van der Waals surface area contributed by atoms with E-state index in [1.54, 1.807) is 12.4 Å². The largest absolute Gasteiger partial charge is 0.394 e. The number of nitrogens with two attached hydrogens (primary N) is 2. The Morgan fingerprint density at radius 3 is 2.53 bits per heavy atom. The number of hydrogen-bond donors (Lipinski definition) is 5. The second-order valence-corrected chi connectivity index (χ2v) is 9.39. The number of nitrogens with zero attached hydrogens (tertiary/aromatic N) is 6. The van der Waals surface area contributed by atoms with Crippen LogP contribution in [0.4, 0.5) is 17.7 Å². The van der Waals surface area contributed by atoms with Crippen molar-refractivity contribution >= 4 is 17.7 Å². The van der Waals surface area contributed by atoms with Gasteiger partial charge in [-0.05, 0) is 12.3 Å². The Hall–Kier alpha value is -2.64. The first-order valence-corrected chi connectivity index (χ1v) is 11.7. The summed E-state index contributed by atoms with van der Waals surface area (Å²) in [6, 6.07) is 1.44. The van der Waals surface area contributed by atoms with Gasteiger partial charge in [-0.25, -0.2) is 15.0 Å². The average Bonchev–Trinajstić information content (AvgIpc) is 3.28. The SMILES string of the molecule is CC(C)[C@H](N)C(O)N1CC[C@](CO)(Nc2cc(-c3cnc(N)nc3)nc(N3CCOCC3)n2)C1. The van der Waals surface area contributed by atoms with Crippen molar-refractivity contribution in [3.05, 3.63) is 18.5 Å². The van der Waals surface area contributed by atoms with Crippen LogP contribution in [0, 0.1) is 5.92 Å². The molecule has 2 aliphatic rings. The number of rotatable bonds is 8. The molecular formula is C22H35N9O3. The van der Waals surface area contributed by atoms with Gasteiger partial charge in [-0.15, -0.1) is 0 Å². The van der Waals surface area contributed by atoms with Gasteiger partial charge in [0, 0.05) is 56.2 Å². The van der Waals surface area contributed by atoms with Gasteiger partial charge in [0.1, 0.15) is 12.0 Å². The third-order valence-electron chi connectivity index (χ3n) is 6.54. The van der Waals surface area contributed by atoms with Crippen molar-refractivity contribution < 1.29 is 14.9 Å². The lowest BCUT2D eigenvalue weighted by molar-refractivity contribution is -0.0149. The van der Waals surface area contributed by atoms with E-state index in [9.17, 15) is 10.2 Å². The van der Waals surface area contributed by atoms with Crippen LogP contribution in [0.1, 0.15) is 20.3 Å². The number of nitrogen functional groups attached to an aromatic ring is 1. The Labute approximate surface area is 199 Å². The van der Waals surface area contributed by atoms with Gasteiger partial charge in [-0.2, -0.15) is 4.98 Å². The third kappa shape index (κ3) is 5.36. The fourth-order valence-corrected chi connectivity index (χ4v) is 4.28. The zero-order valence-corrected chi connectivity index (χ0v) is 19.8. The molecular weight excluding hydrogens is 438 g/mol. The first kappa shape index (κ1) is 24.5. The van der Waals surface area contributed by atoms with Gasteiger partial charge in [0.2, 0.25) is 11.9 Å². The Morgan fingerprint density at radius 1 is 1.18 bits per heavy atom. The van der Waals surface area contributed by atoms with Gasteiger partial charge in [-0.1, -0.05) is 13.8 Å². The van der Waals surface area contributed by atoms with E-state index in [0.717, 1.165) is 0 Å². The number of hydrogen-bond acceptors (Lipinski definition) is 12. The molecule has 2 aliphatic heterocycles. The molecule has 12 nitrogen and oxygen atoms in total. The second kappa shape index (κ2) is 10.3. The molecule has 7 N–H and O–H groups in total. The first-order chi connectivity index (χ1) is 16.3. The lowest BCUT2D eigenvalue weighted by Gasteiger charge is -2.34. The summed E-state index contributed by atoms with van der Waals surface area (Å²) in [6.45, 7) is 7.45. The average molecular weight is 474 g/mol. The van der Waals surface area contributed by atoms with E-state index >= 15 is 0 Å². The molecule has 0 bridgehead atoms. The van der Waals surface area contributed by atoms with Crippen molar-refractivity contribution in [3.8, 4) is 11.3 Å². The third-order valence-corrected chi connectivity index (χ3v) is 6.54. The molecule has 186 valence electrons. The Balaban J connectivity index is 1.61. The molecule has 0 radical (unpaired) electrons. The van der Waals surface area contributed by atoms with Gasteiger partial charge in [0.15, 0.2) is 0 Å². The molecule has 1 unspecified atom stereocenters. The van der Waals surface area contributed by atoms with Crippen molar-refractivity contribution in [1.82, 2.24) is 24.8 Å². The van der Waals surface area contributed by atoms with Gasteiger partial charge >= 0.3 is 0 Å². The molecule has 0 spiro atoms. The van der Waals surface area contributed by atoms with Crippen LogP contribution in [0.2, 0.25) is 0 Å². The van der Waals surface area contributed by atoms with Crippen LogP contribution in [0.25, 0.3) is 11.3 Å². The van der Waals surface area contributed by atoms with E-state index in [1.165, 1.54) is 0 Å². The second-order valence-electron chi connectivity index (χ2n) is 9.39. The maximum atomic E-state index is 10.7. The predicted octanol–water partition coefficient (Wildman–Crippen LogP) is -0.497. The predicted molar refractivity (Wildman–Crippen MR) is 129 cm³/mol. The fraction of sp³-hybridized carbons (Fsp3) is 0.636. The fourth-order valence-electron chi connectivity index (χ4n) is 4.28. The lowest BCUT2D eigenvalue weighted by Crippen LogP contribution is -2.52. The molecule has 4 rings (SSSR count). The number of likely N-dealkylation sites (tertiary alicyclic amines) is 1. The van der Waals surface area contributed by atoms with Gasteiger partial charge < -0.3 is 36.6 Å². The normalized spacial score (nSPS) is 23.3. The summed E-state index contributed by atoms with van der Waals surface area (Å²) in [4.78, 5) is 21.6. The number of anilines is 3. The molecule has 0 saturated carbocycles. The lowest BCUT2D eigenvalue weighted by atomic mass is 9.99. The quantitative estimate of drug-likeness (QED) is 0.333. The standard InChI is InChI=1S/C22H35N9O3/c1-14(2)18(23)19(33)31-4-3-22(12-31,13-32)29-17-9-16(15-10-25-20(24)26-11-15)27-21(28-17)30-5-7-34-8-6-30/h9-11,14,18-19,32-33H,3-8,12-13,23H2,1-2H3,(H2,24,25,26)(H,27,28,29)/t18-,19?,22-/m0/s1. The number of ether oxygens (including phenoxy) is 1. The van der Waals surface area contributed by atoms with Gasteiger partial charge in [0.25, 0.3) is 0 Å². The summed E-state index contributed by atoms with van der Waals surface area (Å²) < 4.78 is 5.47. The molecule has 0 aromatic carbocycles. The minimum absolute atomic E-state index is 0.121. The van der Waals surface area contributed by atoms with Crippen molar-refractivity contribution in [2.75, 3.05) is 62.0 Å². The van der Waals surface area contributed by atoms with Crippen LogP contribution < -0.4 is 21.7 Å². The highest BCUT2D eigenvalue weighted by Crippen LogP contribution is 2.30. The first-order valence-electron chi connectivity index (χ1n) is 11.7. The minimum Gasteiger partial charge on any atom is -0.394 e. The van der Waals surface area contributed by atoms with Crippen LogP contribution in [0.3, 0.4) is 0 Å². The molecule has 2 aromatic heterocycles. The van der Waals surface area contributed by atoms with Crippen molar-refractivity contribution in [2.45, 2.75) is 38.1 Å². The van der Waals surface area contributed by atoms with Gasteiger partial charge in [0.05, 0.1) is 31.1 Å². The molecule has 4 heterocycles. The topological polar surface area (TPSA) is 172 Å². The minimum atomic E-state index is -0.785. The summed E-state index contributed by atoms with van der Waals surface area (Å²) in [5, 5.41) is 24.5. The molecule has 34 heavy (non-hydrogen) atoms. The van der Waals surface area contributed by atoms with Crippen LogP contribution in [0.5, 0.6) is 0 Å². The van der Waals surface area contributed by atoms with E-state index in [-0.39, 0.29) is 24.5 Å². The van der Waals surface area contributed by atoms with E-state index in [4.69, 9.17) is 26.2 Å². The number of nitrogens with one attached hydrogen (secondary N) is 1. The summed E-state index contributed by atoms with van der Waals surface area (Å²) in [5.41, 5.74) is 12.5. The Bertz CT molecular complexity index is 955. The summed E-state index contributed by atoms with van der Waals surface area (Å²) in [6.07, 6.45) is 3.09. The number of aliphatic hydroxyl groups is 2. The van der Waals surface area contributed by atoms with E-state index in [1.807, 2.05) is 24.8 Å². The number of morpholine rings is 1. The Morgan fingerprint density at radius 2 is 1.88 bits per heavy atom. The van der Waals surface area contributed by atoms with Crippen LogP contribution >= 0.6 is 0 Å². The monoisotopic (exact) mass is 473 g/mol. The molecule has 0 amide bonds. The molecule has 12 heteroatoms. The Kier molecular flexibility index (Phi) is 7.43. The number of aliphatic hydroxyl groups excluding tert-OH is 2. The maximum absolute atomic E-state index is 10.7. The smallest absolute Gasteiger partial charge is 0.228 e. The van der Waals surface area contributed by atoms with Crippen LogP contribution in [-0.4, -0.2) is 98.9 Å².